The van der Waals surface area contributed by atoms with E-state index in [4.69, 9.17) is 4.74 Å². The number of amides is 1. The van der Waals surface area contributed by atoms with Gasteiger partial charge in [0, 0.05) is 6.54 Å². The second-order valence-electron chi connectivity index (χ2n) is 4.88. The first-order valence-corrected chi connectivity index (χ1v) is 7.68. The third-order valence-electron chi connectivity index (χ3n) is 3.35. The van der Waals surface area contributed by atoms with Crippen molar-refractivity contribution in [2.45, 2.75) is 18.9 Å². The lowest BCUT2D eigenvalue weighted by atomic mass is 10.0. The van der Waals surface area contributed by atoms with Crippen LogP contribution >= 0.6 is 11.3 Å². The minimum Gasteiger partial charge on any atom is -0.497 e. The van der Waals surface area contributed by atoms with Crippen molar-refractivity contribution >= 4 is 17.2 Å². The number of carbonyl (C=O) groups excluding carboxylic acids is 1. The zero-order valence-corrected chi connectivity index (χ0v) is 12.9. The molecule has 1 heterocycles. The number of aliphatic hydroxyl groups is 1. The van der Waals surface area contributed by atoms with Gasteiger partial charge < -0.3 is 15.2 Å². The summed E-state index contributed by atoms with van der Waals surface area (Å²) in [5.41, 5.74) is 1.71. The van der Waals surface area contributed by atoms with Crippen LogP contribution in [0.3, 0.4) is 0 Å². The highest BCUT2D eigenvalue weighted by Gasteiger charge is 2.18. The van der Waals surface area contributed by atoms with Crippen LogP contribution in [-0.4, -0.2) is 24.7 Å². The van der Waals surface area contributed by atoms with Crippen LogP contribution in [0.15, 0.2) is 41.1 Å². The van der Waals surface area contributed by atoms with E-state index < -0.39 is 12.0 Å². The summed E-state index contributed by atoms with van der Waals surface area (Å²) in [6.45, 7) is 2.54. The molecule has 1 aromatic heterocycles. The molecule has 1 amide bonds. The van der Waals surface area contributed by atoms with Crippen molar-refractivity contribution in [3.05, 3.63) is 52.2 Å². The molecular formula is C16H19NO3S. The molecule has 0 saturated heterocycles. The summed E-state index contributed by atoms with van der Waals surface area (Å²) in [5, 5.41) is 16.9. The number of benzene rings is 1. The van der Waals surface area contributed by atoms with Crippen LogP contribution in [0.4, 0.5) is 0 Å². The van der Waals surface area contributed by atoms with Crippen molar-refractivity contribution in [2.75, 3.05) is 13.7 Å². The second-order valence-corrected chi connectivity index (χ2v) is 5.66. The van der Waals surface area contributed by atoms with Crippen LogP contribution in [-0.2, 0) is 4.79 Å². The number of carbonyl (C=O) groups is 1. The fraction of sp³-hybridized carbons (Fsp3) is 0.312. The lowest BCUT2D eigenvalue weighted by molar-refractivity contribution is -0.129. The van der Waals surface area contributed by atoms with Gasteiger partial charge in [-0.1, -0.05) is 19.1 Å². The highest BCUT2D eigenvalue weighted by Crippen LogP contribution is 2.20. The van der Waals surface area contributed by atoms with E-state index in [2.05, 4.69) is 10.7 Å². The average Bonchev–Trinajstić information content (AvgIpc) is 3.06. The smallest absolute Gasteiger partial charge is 0.253 e. The monoisotopic (exact) mass is 305 g/mol. The van der Waals surface area contributed by atoms with Gasteiger partial charge >= 0.3 is 0 Å². The minimum atomic E-state index is -1.19. The first-order valence-electron chi connectivity index (χ1n) is 6.73. The van der Waals surface area contributed by atoms with E-state index >= 15 is 0 Å². The number of hydrogen-bond acceptors (Lipinski definition) is 4. The van der Waals surface area contributed by atoms with Gasteiger partial charge in [-0.2, -0.15) is 11.3 Å². The fourth-order valence-corrected chi connectivity index (χ4v) is 2.77. The topological polar surface area (TPSA) is 58.6 Å². The lowest BCUT2D eigenvalue weighted by Crippen LogP contribution is -2.32. The lowest BCUT2D eigenvalue weighted by Gasteiger charge is -2.15. The molecule has 5 heteroatoms. The van der Waals surface area contributed by atoms with E-state index in [0.29, 0.717) is 17.9 Å². The third kappa shape index (κ3) is 4.06. The van der Waals surface area contributed by atoms with Crippen LogP contribution in [0.5, 0.6) is 5.75 Å². The molecule has 1 aromatic carbocycles. The molecule has 0 aliphatic heterocycles. The summed E-state index contributed by atoms with van der Waals surface area (Å²) < 4.78 is 5.09. The van der Waals surface area contributed by atoms with Gasteiger partial charge in [0.2, 0.25) is 0 Å². The Bertz CT molecular complexity index is 583. The van der Waals surface area contributed by atoms with E-state index in [1.165, 1.54) is 5.56 Å². The van der Waals surface area contributed by atoms with E-state index in [1.54, 1.807) is 42.7 Å². The summed E-state index contributed by atoms with van der Waals surface area (Å²) >= 11 is 1.63. The summed E-state index contributed by atoms with van der Waals surface area (Å²) in [6, 6.07) is 8.92. The SMILES string of the molecule is COc1cccc([C@H](O)C(=O)NC[C@H](C)c2ccsc2)c1. The van der Waals surface area contributed by atoms with Crippen LogP contribution in [0, 0.1) is 0 Å². The molecule has 0 saturated carbocycles. The molecule has 0 aliphatic carbocycles. The zero-order valence-electron chi connectivity index (χ0n) is 12.1. The van der Waals surface area contributed by atoms with Gasteiger partial charge in [-0.25, -0.2) is 0 Å². The number of rotatable bonds is 6. The zero-order chi connectivity index (χ0) is 15.2. The van der Waals surface area contributed by atoms with Gasteiger partial charge in [0.25, 0.3) is 5.91 Å². The Morgan fingerprint density at radius 1 is 1.38 bits per heavy atom. The summed E-state index contributed by atoms with van der Waals surface area (Å²) in [4.78, 5) is 12.0. The number of aliphatic hydroxyl groups excluding tert-OH is 1. The molecule has 0 fully saturated rings. The first-order chi connectivity index (χ1) is 10.1. The Morgan fingerprint density at radius 2 is 2.19 bits per heavy atom. The Hall–Kier alpha value is -1.85. The number of methoxy groups -OCH3 is 1. The number of nitrogens with one attached hydrogen (secondary N) is 1. The van der Waals surface area contributed by atoms with Crippen molar-refractivity contribution in [3.8, 4) is 5.75 Å². The van der Waals surface area contributed by atoms with Gasteiger partial charge in [0.05, 0.1) is 7.11 Å². The predicted molar refractivity (Wildman–Crippen MR) is 83.7 cm³/mol. The van der Waals surface area contributed by atoms with Crippen molar-refractivity contribution < 1.29 is 14.6 Å². The molecule has 0 aliphatic rings. The van der Waals surface area contributed by atoms with Crippen LogP contribution < -0.4 is 10.1 Å². The summed E-state index contributed by atoms with van der Waals surface area (Å²) in [5.74, 6) is 0.439. The highest BCUT2D eigenvalue weighted by molar-refractivity contribution is 7.07. The predicted octanol–water partition coefficient (Wildman–Crippen LogP) is 2.71. The Morgan fingerprint density at radius 3 is 2.86 bits per heavy atom. The quantitative estimate of drug-likeness (QED) is 0.862. The van der Waals surface area contributed by atoms with Crippen LogP contribution in [0.25, 0.3) is 0 Å². The molecule has 0 unspecified atom stereocenters. The Balaban J connectivity index is 1.93. The van der Waals surface area contributed by atoms with Gasteiger partial charge in [-0.3, -0.25) is 4.79 Å². The van der Waals surface area contributed by atoms with Gasteiger partial charge in [-0.15, -0.1) is 0 Å². The maximum absolute atomic E-state index is 12.0. The van der Waals surface area contributed by atoms with Gasteiger partial charge in [0.1, 0.15) is 5.75 Å². The highest BCUT2D eigenvalue weighted by atomic mass is 32.1. The second kappa shape index (κ2) is 7.24. The molecule has 2 N–H and O–H groups in total. The summed E-state index contributed by atoms with van der Waals surface area (Å²) in [6.07, 6.45) is -1.19. The molecular weight excluding hydrogens is 286 g/mol. The Labute approximate surface area is 128 Å². The molecule has 2 rings (SSSR count). The molecule has 4 nitrogen and oxygen atoms in total. The standard InChI is InChI=1S/C16H19NO3S/c1-11(13-6-7-21-10-13)9-17-16(19)15(18)12-4-3-5-14(8-12)20-2/h3-8,10-11,15,18H,9H2,1-2H3,(H,17,19)/t11-,15-/m0/s1. The maximum Gasteiger partial charge on any atom is 0.253 e. The van der Waals surface area contributed by atoms with Gasteiger partial charge in [-0.05, 0) is 46.0 Å². The minimum absolute atomic E-state index is 0.220. The van der Waals surface area contributed by atoms with E-state index in [0.717, 1.165) is 0 Å². The van der Waals surface area contributed by atoms with E-state index in [9.17, 15) is 9.90 Å². The molecule has 112 valence electrons. The molecule has 2 aromatic rings. The number of hydrogen-bond donors (Lipinski definition) is 2. The third-order valence-corrected chi connectivity index (χ3v) is 4.05. The molecule has 21 heavy (non-hydrogen) atoms. The number of thiophene rings is 1. The van der Waals surface area contributed by atoms with Crippen molar-refractivity contribution in [2.24, 2.45) is 0 Å². The maximum atomic E-state index is 12.0. The Kier molecular flexibility index (Phi) is 5.36. The molecule has 0 bridgehead atoms. The molecule has 0 radical (unpaired) electrons. The van der Waals surface area contributed by atoms with Crippen molar-refractivity contribution in [1.29, 1.82) is 0 Å². The van der Waals surface area contributed by atoms with Gasteiger partial charge in [0.15, 0.2) is 6.10 Å². The van der Waals surface area contributed by atoms with E-state index in [1.807, 2.05) is 18.4 Å². The average molecular weight is 305 g/mol. The molecule has 2 atom stereocenters. The summed E-state index contributed by atoms with van der Waals surface area (Å²) in [7, 11) is 1.55. The largest absolute Gasteiger partial charge is 0.497 e. The van der Waals surface area contributed by atoms with Crippen LogP contribution in [0.2, 0.25) is 0 Å². The number of ether oxygens (including phenoxy) is 1. The normalized spacial score (nSPS) is 13.5. The van der Waals surface area contributed by atoms with Crippen molar-refractivity contribution in [1.82, 2.24) is 5.32 Å². The van der Waals surface area contributed by atoms with E-state index in [-0.39, 0.29) is 5.92 Å². The molecule has 0 spiro atoms. The fourth-order valence-electron chi connectivity index (χ4n) is 1.99. The van der Waals surface area contributed by atoms with Crippen molar-refractivity contribution in [3.63, 3.8) is 0 Å². The first kappa shape index (κ1) is 15.5. The van der Waals surface area contributed by atoms with Crippen LogP contribution in [0.1, 0.15) is 30.1 Å².